The third kappa shape index (κ3) is 5.74. The molecule has 3 rings (SSSR count). The van der Waals surface area contributed by atoms with Crippen molar-refractivity contribution >= 4 is 29.3 Å². The number of fused-ring (bicyclic) bond motifs is 1. The fraction of sp³-hybridized carbons (Fsp3) is 0.364. The molecular formula is C22H28N3O3S+. The summed E-state index contributed by atoms with van der Waals surface area (Å²) in [4.78, 5) is 25.7. The topological polar surface area (TPSA) is 84.0 Å². The number of hydrogen-bond acceptors (Lipinski definition) is 4. The molecule has 7 heteroatoms. The number of quaternary nitrogens is 1. The lowest BCUT2D eigenvalue weighted by Gasteiger charge is -2.25. The summed E-state index contributed by atoms with van der Waals surface area (Å²) >= 11 is 1.66. The van der Waals surface area contributed by atoms with Crippen LogP contribution in [0.1, 0.15) is 17.5 Å². The van der Waals surface area contributed by atoms with E-state index in [4.69, 9.17) is 4.74 Å². The van der Waals surface area contributed by atoms with Crippen LogP contribution in [0.2, 0.25) is 0 Å². The van der Waals surface area contributed by atoms with E-state index in [1.165, 1.54) is 11.1 Å². The average Bonchev–Trinajstić information content (AvgIpc) is 2.76. The Balaban J connectivity index is 1.63. The van der Waals surface area contributed by atoms with Crippen LogP contribution in [0.15, 0.2) is 48.5 Å². The van der Waals surface area contributed by atoms with Crippen LogP contribution in [-0.4, -0.2) is 43.0 Å². The minimum Gasteiger partial charge on any atom is -0.497 e. The third-order valence-corrected chi connectivity index (χ3v) is 5.76. The predicted molar refractivity (Wildman–Crippen MR) is 116 cm³/mol. The van der Waals surface area contributed by atoms with Crippen molar-refractivity contribution in [2.24, 2.45) is 0 Å². The Labute approximate surface area is 175 Å². The van der Waals surface area contributed by atoms with Gasteiger partial charge in [-0.05, 0) is 48.3 Å². The molecular weight excluding hydrogens is 386 g/mol. The van der Waals surface area contributed by atoms with E-state index < -0.39 is 6.04 Å². The largest absolute Gasteiger partial charge is 0.497 e. The van der Waals surface area contributed by atoms with Crippen LogP contribution in [0.4, 0.5) is 5.69 Å². The van der Waals surface area contributed by atoms with Gasteiger partial charge in [0.05, 0.1) is 7.11 Å². The first-order valence-corrected chi connectivity index (χ1v) is 11.1. The third-order valence-electron chi connectivity index (χ3n) is 5.12. The van der Waals surface area contributed by atoms with Gasteiger partial charge < -0.3 is 20.7 Å². The van der Waals surface area contributed by atoms with E-state index in [1.54, 1.807) is 43.1 Å². The van der Waals surface area contributed by atoms with Gasteiger partial charge in [-0.15, -0.1) is 0 Å². The van der Waals surface area contributed by atoms with Crippen molar-refractivity contribution < 1.29 is 19.6 Å². The van der Waals surface area contributed by atoms with Gasteiger partial charge in [0.1, 0.15) is 18.3 Å². The number of nitrogens with one attached hydrogen (secondary N) is 2. The summed E-state index contributed by atoms with van der Waals surface area (Å²) in [5, 5.41) is 7.92. The highest BCUT2D eigenvalue weighted by molar-refractivity contribution is 7.98. The summed E-state index contributed by atoms with van der Waals surface area (Å²) in [5.74, 6) is 1.23. The standard InChI is InChI=1S/C22H27N3O3S/c1-28-18-9-7-17(8-10-18)24-21(26)19(11-12-29-2)25-22(27)20-13-15-5-3-4-6-16(15)14-23-20/h3-10,19-20,23H,11-14H2,1-2H3,(H,24,26)(H,25,27)/p+1/t19-,20-/m0/s1. The Morgan fingerprint density at radius 1 is 1.17 bits per heavy atom. The lowest BCUT2D eigenvalue weighted by Crippen LogP contribution is -2.93. The SMILES string of the molecule is COc1ccc(NC(=O)[C@H](CCSC)NC(=O)[C@@H]2Cc3ccccc3C[NH2+]2)cc1. The lowest BCUT2D eigenvalue weighted by molar-refractivity contribution is -0.695. The van der Waals surface area contributed by atoms with Gasteiger partial charge in [0, 0.05) is 17.7 Å². The Morgan fingerprint density at radius 3 is 2.59 bits per heavy atom. The number of hydrogen-bond donors (Lipinski definition) is 3. The number of rotatable bonds is 8. The quantitative estimate of drug-likeness (QED) is 0.612. The molecule has 4 N–H and O–H groups in total. The van der Waals surface area contributed by atoms with Crippen molar-refractivity contribution in [3.05, 3.63) is 59.7 Å². The fourth-order valence-electron chi connectivity index (χ4n) is 3.43. The van der Waals surface area contributed by atoms with Crippen molar-refractivity contribution in [2.75, 3.05) is 24.4 Å². The highest BCUT2D eigenvalue weighted by Gasteiger charge is 2.30. The van der Waals surface area contributed by atoms with E-state index in [2.05, 4.69) is 22.8 Å². The minimum absolute atomic E-state index is 0.0875. The molecule has 0 saturated carbocycles. The Morgan fingerprint density at radius 2 is 1.90 bits per heavy atom. The molecule has 0 aliphatic carbocycles. The van der Waals surface area contributed by atoms with E-state index in [0.717, 1.165) is 18.0 Å². The molecule has 6 nitrogen and oxygen atoms in total. The van der Waals surface area contributed by atoms with Crippen molar-refractivity contribution in [1.82, 2.24) is 5.32 Å². The molecule has 0 radical (unpaired) electrons. The number of thioether (sulfide) groups is 1. The summed E-state index contributed by atoms with van der Waals surface area (Å²) in [5.41, 5.74) is 3.16. The molecule has 2 amide bonds. The molecule has 0 saturated heterocycles. The minimum atomic E-state index is -0.567. The number of ether oxygens (including phenoxy) is 1. The molecule has 0 bridgehead atoms. The van der Waals surface area contributed by atoms with Crippen LogP contribution in [0.25, 0.3) is 0 Å². The molecule has 2 atom stereocenters. The number of benzene rings is 2. The number of methoxy groups -OCH3 is 1. The number of carbonyl (C=O) groups excluding carboxylic acids is 2. The number of carbonyl (C=O) groups is 2. The zero-order valence-electron chi connectivity index (χ0n) is 16.8. The molecule has 154 valence electrons. The molecule has 0 unspecified atom stereocenters. The van der Waals surface area contributed by atoms with Gasteiger partial charge in [-0.1, -0.05) is 24.3 Å². The van der Waals surface area contributed by atoms with Gasteiger partial charge in [-0.25, -0.2) is 0 Å². The molecule has 0 spiro atoms. The van der Waals surface area contributed by atoms with Crippen molar-refractivity contribution in [2.45, 2.75) is 31.5 Å². The molecule has 2 aromatic carbocycles. The lowest BCUT2D eigenvalue weighted by atomic mass is 9.95. The molecule has 0 aromatic heterocycles. The summed E-state index contributed by atoms with van der Waals surface area (Å²) < 4.78 is 5.14. The monoisotopic (exact) mass is 414 g/mol. The predicted octanol–water partition coefficient (Wildman–Crippen LogP) is 1.56. The molecule has 29 heavy (non-hydrogen) atoms. The first-order chi connectivity index (χ1) is 14.1. The van der Waals surface area contributed by atoms with Gasteiger partial charge in [-0.2, -0.15) is 11.8 Å². The normalized spacial score (nSPS) is 16.4. The van der Waals surface area contributed by atoms with E-state index in [9.17, 15) is 9.59 Å². The van der Waals surface area contributed by atoms with Gasteiger partial charge >= 0.3 is 0 Å². The summed E-state index contributed by atoms with van der Waals surface area (Å²) in [6.45, 7) is 0.780. The second-order valence-corrected chi connectivity index (χ2v) is 8.07. The van der Waals surface area contributed by atoms with E-state index in [0.29, 0.717) is 18.5 Å². The highest BCUT2D eigenvalue weighted by Crippen LogP contribution is 2.16. The van der Waals surface area contributed by atoms with Crippen LogP contribution >= 0.6 is 11.8 Å². The van der Waals surface area contributed by atoms with Crippen molar-refractivity contribution in [1.29, 1.82) is 0 Å². The van der Waals surface area contributed by atoms with E-state index >= 15 is 0 Å². The van der Waals surface area contributed by atoms with Gasteiger partial charge in [0.2, 0.25) is 5.91 Å². The van der Waals surface area contributed by atoms with E-state index in [-0.39, 0.29) is 17.9 Å². The number of amides is 2. The number of nitrogens with two attached hydrogens (primary N) is 1. The van der Waals surface area contributed by atoms with Crippen molar-refractivity contribution in [3.63, 3.8) is 0 Å². The van der Waals surface area contributed by atoms with Gasteiger partial charge in [-0.3, -0.25) is 9.59 Å². The van der Waals surface area contributed by atoms with Gasteiger partial charge in [0.15, 0.2) is 6.04 Å². The maximum Gasteiger partial charge on any atom is 0.279 e. The summed E-state index contributed by atoms with van der Waals surface area (Å²) in [6.07, 6.45) is 3.25. The fourth-order valence-corrected chi connectivity index (χ4v) is 3.90. The molecule has 1 aliphatic heterocycles. The molecule has 1 heterocycles. The number of anilines is 1. The average molecular weight is 415 g/mol. The Hall–Kier alpha value is -2.51. The Kier molecular flexibility index (Phi) is 7.55. The second kappa shape index (κ2) is 10.3. The van der Waals surface area contributed by atoms with Crippen LogP contribution in [0.3, 0.4) is 0 Å². The smallest absolute Gasteiger partial charge is 0.279 e. The maximum absolute atomic E-state index is 12.9. The Bertz CT molecular complexity index is 841. The molecule has 2 aromatic rings. The molecule has 1 aliphatic rings. The van der Waals surface area contributed by atoms with Gasteiger partial charge in [0.25, 0.3) is 5.91 Å². The zero-order valence-corrected chi connectivity index (χ0v) is 17.6. The summed E-state index contributed by atoms with van der Waals surface area (Å²) in [6, 6.07) is 14.6. The van der Waals surface area contributed by atoms with Crippen molar-refractivity contribution in [3.8, 4) is 5.75 Å². The van der Waals surface area contributed by atoms with Crippen LogP contribution in [0, 0.1) is 0 Å². The first-order valence-electron chi connectivity index (χ1n) is 9.75. The summed E-state index contributed by atoms with van der Waals surface area (Å²) in [7, 11) is 1.60. The molecule has 0 fully saturated rings. The van der Waals surface area contributed by atoms with Crippen LogP contribution < -0.4 is 20.7 Å². The van der Waals surface area contributed by atoms with Crippen LogP contribution in [-0.2, 0) is 22.6 Å². The zero-order chi connectivity index (χ0) is 20.6. The van der Waals surface area contributed by atoms with E-state index in [1.807, 2.05) is 23.7 Å². The van der Waals surface area contributed by atoms with Crippen LogP contribution in [0.5, 0.6) is 5.75 Å². The second-order valence-electron chi connectivity index (χ2n) is 7.08. The first kappa shape index (κ1) is 21.2. The highest BCUT2D eigenvalue weighted by atomic mass is 32.2. The maximum atomic E-state index is 12.9.